The second-order valence-corrected chi connectivity index (χ2v) is 8.69. The van der Waals surface area contributed by atoms with Gasteiger partial charge in [-0.05, 0) is 33.8 Å². The molecule has 0 saturated heterocycles. The lowest BCUT2D eigenvalue weighted by atomic mass is 9.96. The fourth-order valence-electron chi connectivity index (χ4n) is 3.31. The summed E-state index contributed by atoms with van der Waals surface area (Å²) in [4.78, 5) is 29.3. The Hall–Kier alpha value is -3.46. The third-order valence-corrected chi connectivity index (χ3v) is 4.99. The first kappa shape index (κ1) is 25.2. The van der Waals surface area contributed by atoms with E-state index in [1.165, 1.54) is 6.92 Å². The molecule has 34 heavy (non-hydrogen) atoms. The Balaban J connectivity index is 2.45. The monoisotopic (exact) mass is 494 g/mol. The van der Waals surface area contributed by atoms with Gasteiger partial charge in [-0.2, -0.15) is 10.2 Å². The molecule has 0 spiro atoms. The van der Waals surface area contributed by atoms with Crippen molar-refractivity contribution in [1.82, 2.24) is 9.63 Å². The molecular weight excluding hydrogens is 477 g/mol. The van der Waals surface area contributed by atoms with Crippen LogP contribution in [0.5, 0.6) is 0 Å². The van der Waals surface area contributed by atoms with Crippen LogP contribution in [0.25, 0.3) is 0 Å². The van der Waals surface area contributed by atoms with Crippen LogP contribution in [0.15, 0.2) is 23.9 Å². The molecule has 178 valence electrons. The van der Waals surface area contributed by atoms with Crippen LogP contribution in [0.2, 0.25) is 5.02 Å². The molecule has 1 atom stereocenters. The van der Waals surface area contributed by atoms with Crippen LogP contribution in [-0.4, -0.2) is 28.9 Å². The molecule has 0 saturated carbocycles. The first-order chi connectivity index (χ1) is 15.7. The summed E-state index contributed by atoms with van der Waals surface area (Å²) in [5.41, 5.74) is -3.69. The Labute approximate surface area is 197 Å². The average Bonchev–Trinajstić information content (AvgIpc) is 2.74. The molecule has 2 aromatic rings. The minimum absolute atomic E-state index is 0.161. The van der Waals surface area contributed by atoms with Crippen molar-refractivity contribution in [1.29, 1.82) is 5.26 Å². The normalized spacial score (nSPS) is 17.5. The number of hydrogen-bond donors (Lipinski definition) is 1. The third-order valence-electron chi connectivity index (χ3n) is 4.65. The number of nitriles is 1. The van der Waals surface area contributed by atoms with Gasteiger partial charge in [0.25, 0.3) is 5.82 Å². The number of fused-ring (bicyclic) bond motifs is 1. The number of hydrogen-bond acceptors (Lipinski definition) is 7. The summed E-state index contributed by atoms with van der Waals surface area (Å²) >= 11 is 5.95. The second-order valence-electron chi connectivity index (χ2n) is 8.31. The number of Topliss-reactive ketones (excluding diaryl/α,β-unsaturated/α-hetero) is 1. The zero-order chi connectivity index (χ0) is 25.6. The third kappa shape index (κ3) is 4.23. The largest absolute Gasteiger partial charge is 0.615 e. The number of ether oxygens (including phenoxy) is 1. The van der Waals surface area contributed by atoms with Gasteiger partial charge in [-0.15, -0.1) is 0 Å². The van der Waals surface area contributed by atoms with E-state index in [1.54, 1.807) is 26.8 Å². The molecular formula is C22H18ClF3N4O4. The number of ketones is 1. The lowest BCUT2D eigenvalue weighted by Gasteiger charge is -2.41. The van der Waals surface area contributed by atoms with Gasteiger partial charge in [0.2, 0.25) is 5.78 Å². The molecule has 2 heterocycles. The SMILES string of the molecule is CCOC(=O)C1=C[N+]([O-])(c2nc(NC(C)(C)C)c(F)cc2C#N)c2c(cc(F)c(F)c2Cl)C1=O. The Morgan fingerprint density at radius 1 is 1.29 bits per heavy atom. The molecule has 1 aromatic carbocycles. The maximum atomic E-state index is 14.6. The van der Waals surface area contributed by atoms with E-state index in [1.807, 2.05) is 0 Å². The number of halogens is 4. The number of carbonyl (C=O) groups is 2. The molecule has 1 aliphatic heterocycles. The fraction of sp³-hybridized carbons (Fsp3) is 0.273. The molecule has 1 aliphatic rings. The van der Waals surface area contributed by atoms with Gasteiger partial charge in [0, 0.05) is 11.6 Å². The van der Waals surface area contributed by atoms with Crippen LogP contribution in [0.1, 0.15) is 43.6 Å². The van der Waals surface area contributed by atoms with Crippen molar-refractivity contribution < 1.29 is 27.5 Å². The first-order valence-electron chi connectivity index (χ1n) is 9.87. The van der Waals surface area contributed by atoms with Crippen LogP contribution in [0.3, 0.4) is 0 Å². The zero-order valence-electron chi connectivity index (χ0n) is 18.4. The van der Waals surface area contributed by atoms with E-state index in [2.05, 4.69) is 10.3 Å². The van der Waals surface area contributed by atoms with Gasteiger partial charge in [0.1, 0.15) is 22.9 Å². The Bertz CT molecular complexity index is 1300. The highest BCUT2D eigenvalue weighted by molar-refractivity contribution is 6.36. The van der Waals surface area contributed by atoms with Crippen molar-refractivity contribution in [3.8, 4) is 6.07 Å². The molecule has 1 N–H and O–H groups in total. The molecule has 0 bridgehead atoms. The van der Waals surface area contributed by atoms with Gasteiger partial charge in [-0.3, -0.25) is 4.79 Å². The first-order valence-corrected chi connectivity index (χ1v) is 10.2. The summed E-state index contributed by atoms with van der Waals surface area (Å²) < 4.78 is 45.9. The summed E-state index contributed by atoms with van der Waals surface area (Å²) in [6, 6.07) is 2.75. The Morgan fingerprint density at radius 3 is 2.50 bits per heavy atom. The number of esters is 1. The average molecular weight is 495 g/mol. The highest BCUT2D eigenvalue weighted by Crippen LogP contribution is 2.48. The van der Waals surface area contributed by atoms with Gasteiger partial charge in [0.05, 0.1) is 12.2 Å². The highest BCUT2D eigenvalue weighted by atomic mass is 35.5. The molecule has 1 aromatic heterocycles. The number of anilines is 1. The fourth-order valence-corrected chi connectivity index (χ4v) is 3.63. The van der Waals surface area contributed by atoms with Crippen LogP contribution in [0, 0.1) is 34.0 Å². The summed E-state index contributed by atoms with van der Waals surface area (Å²) in [6.07, 6.45) is 0.522. The van der Waals surface area contributed by atoms with Crippen molar-refractivity contribution >= 4 is 40.7 Å². The topological polar surface area (TPSA) is 115 Å². The Kier molecular flexibility index (Phi) is 6.45. The number of hydroxylamine groups is 1. The van der Waals surface area contributed by atoms with E-state index < -0.39 is 78.4 Å². The minimum atomic E-state index is -2.06. The van der Waals surface area contributed by atoms with Crippen molar-refractivity contribution in [3.05, 3.63) is 62.7 Å². The van der Waals surface area contributed by atoms with Crippen LogP contribution in [0.4, 0.5) is 30.5 Å². The van der Waals surface area contributed by atoms with Crippen molar-refractivity contribution in [2.75, 3.05) is 11.9 Å². The molecule has 12 heteroatoms. The van der Waals surface area contributed by atoms with Crippen molar-refractivity contribution in [2.24, 2.45) is 0 Å². The van der Waals surface area contributed by atoms with E-state index in [4.69, 9.17) is 16.3 Å². The van der Waals surface area contributed by atoms with Crippen LogP contribution < -0.4 is 9.96 Å². The van der Waals surface area contributed by atoms with E-state index in [0.29, 0.717) is 12.3 Å². The van der Waals surface area contributed by atoms with Gasteiger partial charge in [0.15, 0.2) is 34.5 Å². The van der Waals surface area contributed by atoms with E-state index in [0.717, 1.165) is 6.07 Å². The molecule has 0 amide bonds. The predicted octanol–water partition coefficient (Wildman–Crippen LogP) is 5.01. The summed E-state index contributed by atoms with van der Waals surface area (Å²) in [7, 11) is 0. The summed E-state index contributed by atoms with van der Waals surface area (Å²) in [5, 5.41) is 25.5. The quantitative estimate of drug-likeness (QED) is 0.209. The molecule has 0 aliphatic carbocycles. The number of quaternary nitrogens is 1. The van der Waals surface area contributed by atoms with Crippen molar-refractivity contribution in [3.63, 3.8) is 0 Å². The van der Waals surface area contributed by atoms with Gasteiger partial charge in [-0.1, -0.05) is 11.6 Å². The maximum Gasteiger partial charge on any atom is 0.347 e. The number of carbonyl (C=O) groups excluding carboxylic acids is 2. The molecule has 3 rings (SSSR count). The van der Waals surface area contributed by atoms with Gasteiger partial charge < -0.3 is 15.3 Å². The lowest BCUT2D eigenvalue weighted by Crippen LogP contribution is -2.41. The molecule has 8 nitrogen and oxygen atoms in total. The number of aromatic nitrogens is 1. The molecule has 1 unspecified atom stereocenters. The zero-order valence-corrected chi connectivity index (χ0v) is 19.2. The Morgan fingerprint density at radius 2 is 1.94 bits per heavy atom. The minimum Gasteiger partial charge on any atom is -0.615 e. The van der Waals surface area contributed by atoms with E-state index in [-0.39, 0.29) is 6.61 Å². The lowest BCUT2D eigenvalue weighted by molar-refractivity contribution is -0.138. The number of pyridine rings is 1. The smallest absolute Gasteiger partial charge is 0.347 e. The number of nitrogens with zero attached hydrogens (tertiary/aromatic N) is 3. The summed E-state index contributed by atoms with van der Waals surface area (Å²) in [6.45, 7) is 6.32. The van der Waals surface area contributed by atoms with Gasteiger partial charge >= 0.3 is 5.97 Å². The summed E-state index contributed by atoms with van der Waals surface area (Å²) in [5.74, 6) is -7.68. The number of benzene rings is 1. The molecule has 0 fully saturated rings. The number of rotatable bonds is 4. The van der Waals surface area contributed by atoms with Crippen LogP contribution >= 0.6 is 11.6 Å². The van der Waals surface area contributed by atoms with E-state index in [9.17, 15) is 33.2 Å². The van der Waals surface area contributed by atoms with Gasteiger partial charge in [-0.25, -0.2) is 22.6 Å². The highest BCUT2D eigenvalue weighted by Gasteiger charge is 2.45. The van der Waals surface area contributed by atoms with Crippen molar-refractivity contribution in [2.45, 2.75) is 33.2 Å². The van der Waals surface area contributed by atoms with Crippen LogP contribution in [-0.2, 0) is 9.53 Å². The molecule has 0 radical (unpaired) electrons. The number of nitrogens with one attached hydrogen (secondary N) is 1. The standard InChI is InChI=1S/C22H18ClF3N4O4/c1-5-34-21(32)12-9-30(33,17-11(18(12)31)7-13(24)16(26)15(17)23)20-10(8-27)6-14(25)19(28-20)29-22(2,3)4/h6-7,9H,5H2,1-4H3,(H,28,29). The second kappa shape index (κ2) is 8.72. The van der Waals surface area contributed by atoms with E-state index >= 15 is 0 Å². The predicted molar refractivity (Wildman–Crippen MR) is 118 cm³/mol. The maximum absolute atomic E-state index is 14.6.